The molecule has 2 aromatic carbocycles. The minimum absolute atomic E-state index is 0.189. The minimum Gasteiger partial charge on any atom is -0.508 e. The Bertz CT molecular complexity index is 829. The molecule has 3 aromatic rings. The number of carbonyl (C=O) groups excluding carboxylic acids is 1. The van der Waals surface area contributed by atoms with Crippen LogP contribution in [0.15, 0.2) is 53.9 Å². The third-order valence-corrected chi connectivity index (χ3v) is 4.35. The first-order chi connectivity index (χ1) is 11.6. The maximum absolute atomic E-state index is 12.8. The van der Waals surface area contributed by atoms with Crippen LogP contribution >= 0.6 is 11.3 Å². The molecule has 3 rings (SSSR count). The molecule has 24 heavy (non-hydrogen) atoms. The molecule has 4 nitrogen and oxygen atoms in total. The molecular weight excluding hydrogens is 327 g/mol. The van der Waals surface area contributed by atoms with Gasteiger partial charge in [0.1, 0.15) is 22.3 Å². The molecule has 0 saturated carbocycles. The maximum Gasteiger partial charge on any atom is 0.270 e. The van der Waals surface area contributed by atoms with Crippen LogP contribution in [0.3, 0.4) is 0 Å². The van der Waals surface area contributed by atoms with E-state index in [1.165, 1.54) is 23.5 Å². The summed E-state index contributed by atoms with van der Waals surface area (Å²) in [6.45, 7) is 0.455. The average Bonchev–Trinajstić information content (AvgIpc) is 3.07. The van der Waals surface area contributed by atoms with Crippen molar-refractivity contribution >= 4 is 17.2 Å². The number of amides is 1. The van der Waals surface area contributed by atoms with Gasteiger partial charge in [-0.05, 0) is 48.4 Å². The molecular formula is C18H15FN2O2S. The van der Waals surface area contributed by atoms with Crippen LogP contribution in [-0.4, -0.2) is 22.5 Å². The van der Waals surface area contributed by atoms with Crippen LogP contribution in [-0.2, 0) is 6.42 Å². The van der Waals surface area contributed by atoms with E-state index in [1.54, 1.807) is 41.8 Å². The monoisotopic (exact) mass is 342 g/mol. The van der Waals surface area contributed by atoms with Crippen molar-refractivity contribution in [3.8, 4) is 16.3 Å². The Kier molecular flexibility index (Phi) is 4.86. The second-order valence-corrected chi connectivity index (χ2v) is 6.08. The molecule has 1 heterocycles. The first kappa shape index (κ1) is 16.1. The lowest BCUT2D eigenvalue weighted by molar-refractivity contribution is 0.0950. The SMILES string of the molecule is O=C(NCCc1ccc(F)cc1)c1csc(-c2ccc(O)cc2)n1. The number of phenolic OH excluding ortho intramolecular Hbond substituents is 1. The summed E-state index contributed by atoms with van der Waals surface area (Å²) < 4.78 is 12.8. The number of benzene rings is 2. The van der Waals surface area contributed by atoms with Crippen LogP contribution in [0.1, 0.15) is 16.1 Å². The number of aromatic nitrogens is 1. The Hall–Kier alpha value is -2.73. The lowest BCUT2D eigenvalue weighted by Crippen LogP contribution is -2.25. The van der Waals surface area contributed by atoms with E-state index in [9.17, 15) is 14.3 Å². The van der Waals surface area contributed by atoms with Gasteiger partial charge in [0.05, 0.1) is 0 Å². The highest BCUT2D eigenvalue weighted by Crippen LogP contribution is 2.25. The van der Waals surface area contributed by atoms with Gasteiger partial charge in [-0.2, -0.15) is 0 Å². The first-order valence-electron chi connectivity index (χ1n) is 7.39. The summed E-state index contributed by atoms with van der Waals surface area (Å²) in [5.41, 5.74) is 2.17. The zero-order valence-corrected chi connectivity index (χ0v) is 13.5. The van der Waals surface area contributed by atoms with E-state index in [1.807, 2.05) is 0 Å². The fourth-order valence-electron chi connectivity index (χ4n) is 2.18. The van der Waals surface area contributed by atoms with Crippen molar-refractivity contribution in [2.45, 2.75) is 6.42 Å². The number of phenols is 1. The number of thiazole rings is 1. The Balaban J connectivity index is 1.57. The topological polar surface area (TPSA) is 62.2 Å². The van der Waals surface area contributed by atoms with Crippen molar-refractivity contribution in [3.63, 3.8) is 0 Å². The fourth-order valence-corrected chi connectivity index (χ4v) is 2.98. The van der Waals surface area contributed by atoms with Crippen molar-refractivity contribution in [3.05, 3.63) is 71.0 Å². The Morgan fingerprint density at radius 2 is 1.83 bits per heavy atom. The van der Waals surface area contributed by atoms with Gasteiger partial charge >= 0.3 is 0 Å². The molecule has 0 bridgehead atoms. The van der Waals surface area contributed by atoms with Gasteiger partial charge in [0.25, 0.3) is 5.91 Å². The third-order valence-electron chi connectivity index (χ3n) is 3.46. The zero-order valence-electron chi connectivity index (χ0n) is 12.7. The van der Waals surface area contributed by atoms with Crippen molar-refractivity contribution < 1.29 is 14.3 Å². The smallest absolute Gasteiger partial charge is 0.270 e. The van der Waals surface area contributed by atoms with E-state index in [4.69, 9.17) is 0 Å². The predicted octanol–water partition coefficient (Wildman–Crippen LogP) is 3.63. The Morgan fingerprint density at radius 1 is 1.12 bits per heavy atom. The standard InChI is InChI=1S/C18H15FN2O2S/c19-14-5-1-12(2-6-14)9-10-20-17(23)16-11-24-18(21-16)13-3-7-15(22)8-4-13/h1-8,11,22H,9-10H2,(H,20,23). The number of halogens is 1. The van der Waals surface area contributed by atoms with Gasteiger partial charge in [0.15, 0.2) is 0 Å². The minimum atomic E-state index is -0.271. The maximum atomic E-state index is 12.8. The highest BCUT2D eigenvalue weighted by molar-refractivity contribution is 7.13. The fraction of sp³-hybridized carbons (Fsp3) is 0.111. The Labute approximate surface area is 142 Å². The summed E-state index contributed by atoms with van der Waals surface area (Å²) in [7, 11) is 0. The summed E-state index contributed by atoms with van der Waals surface area (Å²) in [5.74, 6) is -0.320. The number of hydrogen-bond donors (Lipinski definition) is 2. The van der Waals surface area contributed by atoms with Crippen LogP contribution in [0.25, 0.3) is 10.6 Å². The molecule has 1 amide bonds. The molecule has 6 heteroatoms. The first-order valence-corrected chi connectivity index (χ1v) is 8.27. The highest BCUT2D eigenvalue weighted by Gasteiger charge is 2.11. The molecule has 0 aliphatic carbocycles. The van der Waals surface area contributed by atoms with E-state index >= 15 is 0 Å². The van der Waals surface area contributed by atoms with E-state index in [0.29, 0.717) is 18.7 Å². The van der Waals surface area contributed by atoms with Gasteiger partial charge in [-0.25, -0.2) is 9.37 Å². The lowest BCUT2D eigenvalue weighted by atomic mass is 10.1. The van der Waals surface area contributed by atoms with E-state index in [2.05, 4.69) is 10.3 Å². The number of aromatic hydroxyl groups is 1. The quantitative estimate of drug-likeness (QED) is 0.744. The van der Waals surface area contributed by atoms with Crippen LogP contribution in [0.4, 0.5) is 4.39 Å². The predicted molar refractivity (Wildman–Crippen MR) is 91.7 cm³/mol. The number of rotatable bonds is 5. The van der Waals surface area contributed by atoms with Gasteiger partial charge in [0, 0.05) is 17.5 Å². The molecule has 0 aliphatic rings. The highest BCUT2D eigenvalue weighted by atomic mass is 32.1. The summed E-state index contributed by atoms with van der Waals surface area (Å²) >= 11 is 1.37. The number of hydrogen-bond acceptors (Lipinski definition) is 4. The van der Waals surface area contributed by atoms with E-state index in [0.717, 1.165) is 16.1 Å². The molecule has 0 atom stereocenters. The molecule has 0 fully saturated rings. The van der Waals surface area contributed by atoms with Gasteiger partial charge in [0.2, 0.25) is 0 Å². The van der Waals surface area contributed by atoms with Crippen LogP contribution in [0.2, 0.25) is 0 Å². The van der Waals surface area contributed by atoms with Crippen molar-refractivity contribution in [1.29, 1.82) is 0 Å². The molecule has 0 aliphatic heterocycles. The summed E-state index contributed by atoms with van der Waals surface area (Å²) in [5, 5.41) is 14.5. The summed E-state index contributed by atoms with van der Waals surface area (Å²) in [6.07, 6.45) is 0.626. The van der Waals surface area contributed by atoms with E-state index in [-0.39, 0.29) is 17.5 Å². The number of nitrogens with zero attached hydrogens (tertiary/aromatic N) is 1. The van der Waals surface area contributed by atoms with Crippen LogP contribution < -0.4 is 5.32 Å². The lowest BCUT2D eigenvalue weighted by Gasteiger charge is -2.03. The normalized spacial score (nSPS) is 10.5. The van der Waals surface area contributed by atoms with Gasteiger partial charge < -0.3 is 10.4 Å². The van der Waals surface area contributed by atoms with E-state index < -0.39 is 0 Å². The second-order valence-electron chi connectivity index (χ2n) is 5.22. The molecule has 0 spiro atoms. The average molecular weight is 342 g/mol. The molecule has 2 N–H and O–H groups in total. The van der Waals surface area contributed by atoms with Crippen LogP contribution in [0.5, 0.6) is 5.75 Å². The van der Waals surface area contributed by atoms with Crippen molar-refractivity contribution in [2.75, 3.05) is 6.54 Å². The molecule has 0 unspecified atom stereocenters. The van der Waals surface area contributed by atoms with Gasteiger partial charge in [-0.1, -0.05) is 12.1 Å². The Morgan fingerprint density at radius 3 is 2.54 bits per heavy atom. The van der Waals surface area contributed by atoms with Crippen LogP contribution in [0, 0.1) is 5.82 Å². The second kappa shape index (κ2) is 7.23. The van der Waals surface area contributed by atoms with Crippen molar-refractivity contribution in [2.24, 2.45) is 0 Å². The number of nitrogens with one attached hydrogen (secondary N) is 1. The molecule has 0 saturated heterocycles. The zero-order chi connectivity index (χ0) is 16.9. The number of carbonyl (C=O) groups is 1. The molecule has 122 valence electrons. The summed E-state index contributed by atoms with van der Waals surface area (Å²) in [6, 6.07) is 12.9. The van der Waals surface area contributed by atoms with Crippen molar-refractivity contribution in [1.82, 2.24) is 10.3 Å². The largest absolute Gasteiger partial charge is 0.508 e. The molecule has 0 radical (unpaired) electrons. The van der Waals surface area contributed by atoms with Gasteiger partial charge in [-0.3, -0.25) is 4.79 Å². The van der Waals surface area contributed by atoms with Gasteiger partial charge in [-0.15, -0.1) is 11.3 Å². The summed E-state index contributed by atoms with van der Waals surface area (Å²) in [4.78, 5) is 16.4. The third kappa shape index (κ3) is 3.97. The molecule has 1 aromatic heterocycles.